The van der Waals surface area contributed by atoms with Crippen LogP contribution in [-0.2, 0) is 14.8 Å². The van der Waals surface area contributed by atoms with Crippen molar-refractivity contribution in [3.63, 3.8) is 0 Å². The number of carbonyl (C=O) groups excluding carboxylic acids is 1. The van der Waals surface area contributed by atoms with Crippen LogP contribution in [-0.4, -0.2) is 53.1 Å². The van der Waals surface area contributed by atoms with Gasteiger partial charge in [-0.1, -0.05) is 0 Å². The Bertz CT molecular complexity index is 813. The van der Waals surface area contributed by atoms with E-state index < -0.39 is 16.0 Å². The predicted octanol–water partition coefficient (Wildman–Crippen LogP) is 2.24. The van der Waals surface area contributed by atoms with Gasteiger partial charge < -0.3 is 14.2 Å². The molecular weight excluding hydrogens is 366 g/mol. The number of carbonyl (C=O) groups is 1. The van der Waals surface area contributed by atoms with Crippen LogP contribution in [0.25, 0.3) is 0 Å². The summed E-state index contributed by atoms with van der Waals surface area (Å²) >= 11 is 1.03. The maximum Gasteiger partial charge on any atom is 0.349 e. The van der Waals surface area contributed by atoms with E-state index in [4.69, 9.17) is 9.47 Å². The summed E-state index contributed by atoms with van der Waals surface area (Å²) in [5.41, 5.74) is 0. The summed E-state index contributed by atoms with van der Waals surface area (Å²) in [6.07, 6.45) is 0. The third-order valence-corrected chi connectivity index (χ3v) is 6.35. The van der Waals surface area contributed by atoms with Crippen molar-refractivity contribution in [1.82, 2.24) is 4.31 Å². The summed E-state index contributed by atoms with van der Waals surface area (Å²) in [6.45, 7) is 0.296. The van der Waals surface area contributed by atoms with E-state index in [9.17, 15) is 13.2 Å². The molecule has 9 heteroatoms. The first-order chi connectivity index (χ1) is 11.9. The van der Waals surface area contributed by atoms with Crippen molar-refractivity contribution in [3.8, 4) is 11.5 Å². The molecule has 25 heavy (non-hydrogen) atoms. The second-order valence-electron chi connectivity index (χ2n) is 4.96. The van der Waals surface area contributed by atoms with E-state index in [0.29, 0.717) is 11.5 Å². The fourth-order valence-electron chi connectivity index (χ4n) is 1.99. The lowest BCUT2D eigenvalue weighted by Crippen LogP contribution is -2.31. The van der Waals surface area contributed by atoms with Crippen LogP contribution in [0.5, 0.6) is 11.5 Å². The van der Waals surface area contributed by atoms with Gasteiger partial charge in [0.2, 0.25) is 10.0 Å². The molecule has 1 aromatic carbocycles. The summed E-state index contributed by atoms with van der Waals surface area (Å²) in [6, 6.07) is 8.38. The Morgan fingerprint density at radius 3 is 2.36 bits per heavy atom. The van der Waals surface area contributed by atoms with E-state index in [1.165, 1.54) is 20.2 Å². The van der Waals surface area contributed by atoms with Gasteiger partial charge in [-0.15, -0.1) is 11.3 Å². The molecule has 0 bridgehead atoms. The van der Waals surface area contributed by atoms with Gasteiger partial charge in [0.25, 0.3) is 0 Å². The van der Waals surface area contributed by atoms with Crippen LogP contribution in [0.1, 0.15) is 9.67 Å². The van der Waals surface area contributed by atoms with Crippen LogP contribution < -0.4 is 9.47 Å². The SMILES string of the molecule is COC(=O)c1sccc1S(=O)(=O)N(C)CCOc1ccc(OC)cc1. The quantitative estimate of drug-likeness (QED) is 0.648. The fourth-order valence-corrected chi connectivity index (χ4v) is 4.45. The van der Waals surface area contributed by atoms with Crippen LogP contribution in [0.4, 0.5) is 0 Å². The van der Waals surface area contributed by atoms with Gasteiger partial charge in [0.1, 0.15) is 27.9 Å². The lowest BCUT2D eigenvalue weighted by molar-refractivity contribution is 0.0602. The van der Waals surface area contributed by atoms with Crippen LogP contribution >= 0.6 is 11.3 Å². The van der Waals surface area contributed by atoms with E-state index in [-0.39, 0.29) is 22.9 Å². The highest BCUT2D eigenvalue weighted by molar-refractivity contribution is 7.89. The summed E-state index contributed by atoms with van der Waals surface area (Å²) < 4.78 is 41.6. The minimum atomic E-state index is -3.80. The largest absolute Gasteiger partial charge is 0.497 e. The van der Waals surface area contributed by atoms with Crippen LogP contribution in [0.15, 0.2) is 40.6 Å². The molecule has 0 atom stereocenters. The third kappa shape index (κ3) is 4.50. The number of hydrogen-bond acceptors (Lipinski definition) is 7. The number of esters is 1. The second-order valence-corrected chi connectivity index (χ2v) is 7.89. The van der Waals surface area contributed by atoms with Gasteiger partial charge >= 0.3 is 5.97 Å². The molecule has 0 unspecified atom stereocenters. The Kier molecular flexibility index (Phi) is 6.40. The monoisotopic (exact) mass is 385 g/mol. The van der Waals surface area contributed by atoms with Crippen molar-refractivity contribution < 1.29 is 27.4 Å². The number of sulfonamides is 1. The minimum Gasteiger partial charge on any atom is -0.497 e. The van der Waals surface area contributed by atoms with Gasteiger partial charge in [0.05, 0.1) is 14.2 Å². The zero-order valence-corrected chi connectivity index (χ0v) is 15.7. The average Bonchev–Trinajstić information content (AvgIpc) is 3.12. The Morgan fingerprint density at radius 2 is 1.76 bits per heavy atom. The summed E-state index contributed by atoms with van der Waals surface area (Å²) in [5, 5.41) is 1.54. The van der Waals surface area contributed by atoms with Crippen molar-refractivity contribution in [2.24, 2.45) is 0 Å². The lowest BCUT2D eigenvalue weighted by Gasteiger charge is -2.17. The number of benzene rings is 1. The van der Waals surface area contributed by atoms with Gasteiger partial charge in [-0.2, -0.15) is 4.31 Å². The number of ether oxygens (including phenoxy) is 3. The smallest absolute Gasteiger partial charge is 0.349 e. The molecule has 0 radical (unpaired) electrons. The first-order valence-corrected chi connectivity index (χ1v) is 9.61. The highest BCUT2D eigenvalue weighted by atomic mass is 32.2. The highest BCUT2D eigenvalue weighted by Crippen LogP contribution is 2.25. The molecule has 136 valence electrons. The molecule has 0 N–H and O–H groups in total. The average molecular weight is 385 g/mol. The molecule has 0 fully saturated rings. The van der Waals surface area contributed by atoms with Gasteiger partial charge in [-0.25, -0.2) is 13.2 Å². The molecule has 0 spiro atoms. The molecule has 7 nitrogen and oxygen atoms in total. The summed E-state index contributed by atoms with van der Waals surface area (Å²) in [7, 11) is 0.418. The Balaban J connectivity index is 2.00. The van der Waals surface area contributed by atoms with Crippen LogP contribution in [0.3, 0.4) is 0 Å². The lowest BCUT2D eigenvalue weighted by atomic mass is 10.3. The van der Waals surface area contributed by atoms with Crippen molar-refractivity contribution in [2.45, 2.75) is 4.90 Å². The number of likely N-dealkylation sites (N-methyl/N-ethyl adjacent to an activating group) is 1. The Labute approximate surface area is 150 Å². The standard InChI is InChI=1S/C16H19NO6S2/c1-17(9-10-23-13-6-4-12(21-2)5-7-13)25(19,20)14-8-11-24-15(14)16(18)22-3/h4-8,11H,9-10H2,1-3H3. The van der Waals surface area contributed by atoms with E-state index in [2.05, 4.69) is 4.74 Å². The molecule has 1 aromatic heterocycles. The number of methoxy groups -OCH3 is 2. The molecule has 0 aliphatic heterocycles. The van der Waals surface area contributed by atoms with Crippen molar-refractivity contribution in [3.05, 3.63) is 40.6 Å². The van der Waals surface area contributed by atoms with Gasteiger partial charge in [-0.3, -0.25) is 0 Å². The minimum absolute atomic E-state index is 0.0590. The molecule has 0 aliphatic rings. The van der Waals surface area contributed by atoms with Gasteiger partial charge in [0.15, 0.2) is 0 Å². The zero-order chi connectivity index (χ0) is 18.4. The van der Waals surface area contributed by atoms with Crippen LogP contribution in [0, 0.1) is 0 Å². The third-order valence-electron chi connectivity index (χ3n) is 3.42. The van der Waals surface area contributed by atoms with Crippen molar-refractivity contribution in [1.29, 1.82) is 0 Å². The maximum atomic E-state index is 12.6. The summed E-state index contributed by atoms with van der Waals surface area (Å²) in [5.74, 6) is 0.647. The molecule has 0 saturated heterocycles. The Hall–Kier alpha value is -2.10. The normalized spacial score (nSPS) is 11.4. The van der Waals surface area contributed by atoms with Crippen molar-refractivity contribution >= 4 is 27.3 Å². The molecule has 2 aromatic rings. The number of nitrogens with zero attached hydrogens (tertiary/aromatic N) is 1. The van der Waals surface area contributed by atoms with Crippen LogP contribution in [0.2, 0.25) is 0 Å². The van der Waals surface area contributed by atoms with E-state index in [0.717, 1.165) is 15.6 Å². The predicted molar refractivity (Wildman–Crippen MR) is 94.0 cm³/mol. The van der Waals surface area contributed by atoms with Gasteiger partial charge in [0, 0.05) is 13.6 Å². The molecule has 0 saturated carbocycles. The molecule has 2 rings (SSSR count). The number of thiophene rings is 1. The van der Waals surface area contributed by atoms with E-state index in [1.807, 2.05) is 0 Å². The zero-order valence-electron chi connectivity index (χ0n) is 14.1. The summed E-state index contributed by atoms with van der Waals surface area (Å²) in [4.78, 5) is 11.7. The highest BCUT2D eigenvalue weighted by Gasteiger charge is 2.28. The fraction of sp³-hybridized carbons (Fsp3) is 0.312. The van der Waals surface area contributed by atoms with E-state index >= 15 is 0 Å². The first kappa shape index (κ1) is 19.2. The number of hydrogen-bond donors (Lipinski definition) is 0. The van der Waals surface area contributed by atoms with E-state index in [1.54, 1.807) is 36.8 Å². The molecule has 1 heterocycles. The second kappa shape index (κ2) is 8.32. The topological polar surface area (TPSA) is 82.1 Å². The Morgan fingerprint density at radius 1 is 1.12 bits per heavy atom. The molecular formula is C16H19NO6S2. The number of rotatable bonds is 8. The maximum absolute atomic E-state index is 12.6. The molecule has 0 aliphatic carbocycles. The van der Waals surface area contributed by atoms with Gasteiger partial charge in [-0.05, 0) is 35.7 Å². The molecule has 0 amide bonds. The first-order valence-electron chi connectivity index (χ1n) is 7.29. The van der Waals surface area contributed by atoms with Crippen molar-refractivity contribution in [2.75, 3.05) is 34.4 Å².